The van der Waals surface area contributed by atoms with Crippen molar-refractivity contribution in [1.29, 1.82) is 0 Å². The molecule has 7 rings (SSSR count). The highest BCUT2D eigenvalue weighted by Gasteiger charge is 2.44. The summed E-state index contributed by atoms with van der Waals surface area (Å²) >= 11 is 0. The molecule has 1 aromatic carbocycles. The van der Waals surface area contributed by atoms with Crippen LogP contribution in [0.1, 0.15) is 35.4 Å². The van der Waals surface area contributed by atoms with Gasteiger partial charge in [0.15, 0.2) is 0 Å². The predicted molar refractivity (Wildman–Crippen MR) is 147 cm³/mol. The van der Waals surface area contributed by atoms with Gasteiger partial charge in [0, 0.05) is 25.7 Å². The van der Waals surface area contributed by atoms with E-state index in [1.54, 1.807) is 6.33 Å². The van der Waals surface area contributed by atoms with Crippen molar-refractivity contribution in [2.75, 3.05) is 69.3 Å². The van der Waals surface area contributed by atoms with Gasteiger partial charge < -0.3 is 29.3 Å². The lowest BCUT2D eigenvalue weighted by molar-refractivity contribution is -0.211. The number of morpholine rings is 1. The number of benzene rings is 1. The van der Waals surface area contributed by atoms with Gasteiger partial charge in [-0.15, -0.1) is 0 Å². The van der Waals surface area contributed by atoms with Crippen molar-refractivity contribution in [3.05, 3.63) is 47.8 Å². The molecule has 1 aromatic heterocycles. The Labute approximate surface area is 228 Å². The molecule has 6 heterocycles. The van der Waals surface area contributed by atoms with E-state index in [0.717, 1.165) is 86.3 Å². The van der Waals surface area contributed by atoms with Crippen LogP contribution in [-0.2, 0) is 20.9 Å². The van der Waals surface area contributed by atoms with E-state index in [9.17, 15) is 4.79 Å². The minimum atomic E-state index is -0.222. The van der Waals surface area contributed by atoms with E-state index in [1.807, 2.05) is 4.90 Å². The van der Waals surface area contributed by atoms with Crippen LogP contribution in [0.3, 0.4) is 0 Å². The van der Waals surface area contributed by atoms with E-state index in [0.29, 0.717) is 38.4 Å². The van der Waals surface area contributed by atoms with Crippen molar-refractivity contribution in [3.8, 4) is 5.75 Å². The van der Waals surface area contributed by atoms with E-state index < -0.39 is 0 Å². The maximum atomic E-state index is 11.8. The number of nitrogens with zero attached hydrogens (tertiary/aromatic N) is 5. The molecular weight excluding hydrogens is 496 g/mol. The Kier molecular flexibility index (Phi) is 6.21. The lowest BCUT2D eigenvalue weighted by Gasteiger charge is -2.48. The number of aromatic nitrogens is 2. The van der Waals surface area contributed by atoms with Gasteiger partial charge in [0.05, 0.1) is 37.6 Å². The Morgan fingerprint density at radius 2 is 2.00 bits per heavy atom. The molecule has 10 nitrogen and oxygen atoms in total. The fraction of sp³-hybridized carbons (Fsp3) is 0.552. The molecule has 4 fully saturated rings. The van der Waals surface area contributed by atoms with Crippen molar-refractivity contribution >= 4 is 23.2 Å². The molecule has 1 spiro atoms. The normalized spacial score (nSPS) is 23.0. The number of amides is 1. The smallest absolute Gasteiger partial charge is 0.246 e. The van der Waals surface area contributed by atoms with Crippen molar-refractivity contribution in [3.63, 3.8) is 0 Å². The SMILES string of the molecule is C=CC(=O)N1CC(N2CCC(c3cc(C)c4c(c3)Nc3ncnc(N5CCOC6(COC6)C5)c3CO4)CC2)C1. The molecule has 5 aliphatic rings. The van der Waals surface area contributed by atoms with Gasteiger partial charge in [0.1, 0.15) is 35.9 Å². The van der Waals surface area contributed by atoms with Gasteiger partial charge in [0.2, 0.25) is 5.91 Å². The van der Waals surface area contributed by atoms with Crippen LogP contribution in [0.25, 0.3) is 0 Å². The lowest BCUT2D eigenvalue weighted by Crippen LogP contribution is -2.63. The highest BCUT2D eigenvalue weighted by molar-refractivity contribution is 5.87. The number of fused-ring (bicyclic) bond motifs is 2. The third-order valence-corrected chi connectivity index (χ3v) is 8.98. The summed E-state index contributed by atoms with van der Waals surface area (Å²) in [6.45, 7) is 13.3. The molecule has 0 unspecified atom stereocenters. The number of hydrogen-bond donors (Lipinski definition) is 1. The fourth-order valence-corrected chi connectivity index (χ4v) is 6.63. The van der Waals surface area contributed by atoms with Gasteiger partial charge in [-0.1, -0.05) is 12.6 Å². The summed E-state index contributed by atoms with van der Waals surface area (Å²) < 4.78 is 17.9. The molecule has 0 aliphatic carbocycles. The standard InChI is InChI=1S/C29H36N6O4/c1-3-25(36)35-12-22(13-35)33-6-4-20(5-7-33)21-10-19(2)26-24(11-21)32-27-23(14-38-26)28(31-18-30-27)34-8-9-39-29(15-34)16-37-17-29/h3,10-11,18,20,22H,1,4-9,12-17H2,2H3,(H,30,31,32). The van der Waals surface area contributed by atoms with E-state index in [-0.39, 0.29) is 11.5 Å². The van der Waals surface area contributed by atoms with Crippen LogP contribution in [-0.4, -0.2) is 96.4 Å². The first-order valence-corrected chi connectivity index (χ1v) is 14.0. The number of likely N-dealkylation sites (tertiary alicyclic amines) is 2. The average Bonchev–Trinajstić information content (AvgIpc) is 3.11. The minimum absolute atomic E-state index is 0.0390. The second kappa shape index (κ2) is 9.76. The molecule has 2 aromatic rings. The molecule has 10 heteroatoms. The van der Waals surface area contributed by atoms with Gasteiger partial charge in [-0.05, 0) is 62.0 Å². The lowest BCUT2D eigenvalue weighted by atomic mass is 9.87. The molecule has 1 N–H and O–H groups in total. The van der Waals surface area contributed by atoms with Gasteiger partial charge in [0.25, 0.3) is 0 Å². The summed E-state index contributed by atoms with van der Waals surface area (Å²) in [4.78, 5) is 27.8. The summed E-state index contributed by atoms with van der Waals surface area (Å²) in [7, 11) is 0. The molecule has 1 amide bonds. The van der Waals surface area contributed by atoms with E-state index in [4.69, 9.17) is 14.2 Å². The number of nitrogens with one attached hydrogen (secondary N) is 1. The Morgan fingerprint density at radius 1 is 1.18 bits per heavy atom. The quantitative estimate of drug-likeness (QED) is 0.597. The number of hydrogen-bond acceptors (Lipinski definition) is 9. The second-order valence-corrected chi connectivity index (χ2v) is 11.5. The van der Waals surface area contributed by atoms with Crippen LogP contribution in [0.15, 0.2) is 31.1 Å². The van der Waals surface area contributed by atoms with Crippen LogP contribution >= 0.6 is 0 Å². The highest BCUT2D eigenvalue weighted by Crippen LogP contribution is 2.42. The number of carbonyl (C=O) groups is 1. The number of aryl methyl sites for hydroxylation is 1. The van der Waals surface area contributed by atoms with Crippen molar-refractivity contribution < 1.29 is 19.0 Å². The van der Waals surface area contributed by atoms with E-state index >= 15 is 0 Å². The van der Waals surface area contributed by atoms with Gasteiger partial charge in [-0.3, -0.25) is 9.69 Å². The molecular formula is C29H36N6O4. The van der Waals surface area contributed by atoms with Crippen molar-refractivity contribution in [2.45, 2.75) is 43.9 Å². The van der Waals surface area contributed by atoms with Crippen LogP contribution in [0.4, 0.5) is 17.3 Å². The molecule has 0 radical (unpaired) electrons. The highest BCUT2D eigenvalue weighted by atomic mass is 16.6. The third-order valence-electron chi connectivity index (χ3n) is 8.98. The number of rotatable bonds is 4. The van der Waals surface area contributed by atoms with Crippen LogP contribution < -0.4 is 15.0 Å². The molecule has 4 saturated heterocycles. The summed E-state index contributed by atoms with van der Waals surface area (Å²) in [6.07, 6.45) is 5.27. The van der Waals surface area contributed by atoms with Gasteiger partial charge >= 0.3 is 0 Å². The zero-order chi connectivity index (χ0) is 26.6. The fourth-order valence-electron chi connectivity index (χ4n) is 6.63. The summed E-state index contributed by atoms with van der Waals surface area (Å²) in [6, 6.07) is 5.02. The number of anilines is 3. The maximum absolute atomic E-state index is 11.8. The molecule has 0 atom stereocenters. The van der Waals surface area contributed by atoms with Gasteiger partial charge in [-0.2, -0.15) is 0 Å². The summed E-state index contributed by atoms with van der Waals surface area (Å²) in [5.74, 6) is 3.13. The Hall–Kier alpha value is -3.21. The summed E-state index contributed by atoms with van der Waals surface area (Å²) in [5.41, 5.74) is 4.20. The molecule has 0 bridgehead atoms. The third kappa shape index (κ3) is 4.44. The van der Waals surface area contributed by atoms with Crippen LogP contribution in [0, 0.1) is 6.92 Å². The van der Waals surface area contributed by atoms with Gasteiger partial charge in [-0.25, -0.2) is 9.97 Å². The Balaban J connectivity index is 1.06. The topological polar surface area (TPSA) is 92.3 Å². The second-order valence-electron chi connectivity index (χ2n) is 11.5. The predicted octanol–water partition coefficient (Wildman–Crippen LogP) is 2.60. The molecule has 39 heavy (non-hydrogen) atoms. The summed E-state index contributed by atoms with van der Waals surface area (Å²) in [5, 5.41) is 3.60. The minimum Gasteiger partial charge on any atom is -0.486 e. The monoisotopic (exact) mass is 532 g/mol. The first-order valence-electron chi connectivity index (χ1n) is 14.0. The van der Waals surface area contributed by atoms with Crippen molar-refractivity contribution in [2.24, 2.45) is 0 Å². The van der Waals surface area contributed by atoms with Crippen molar-refractivity contribution in [1.82, 2.24) is 19.8 Å². The number of ether oxygens (including phenoxy) is 3. The zero-order valence-electron chi connectivity index (χ0n) is 22.5. The Morgan fingerprint density at radius 3 is 2.74 bits per heavy atom. The first kappa shape index (κ1) is 24.8. The van der Waals surface area contributed by atoms with Crippen LogP contribution in [0.2, 0.25) is 0 Å². The number of piperidine rings is 1. The molecule has 206 valence electrons. The van der Waals surface area contributed by atoms with Crippen LogP contribution in [0.5, 0.6) is 5.75 Å². The number of carbonyl (C=O) groups excluding carboxylic acids is 1. The largest absolute Gasteiger partial charge is 0.486 e. The maximum Gasteiger partial charge on any atom is 0.246 e. The van der Waals surface area contributed by atoms with E-state index in [1.165, 1.54) is 11.6 Å². The zero-order valence-corrected chi connectivity index (χ0v) is 22.5. The molecule has 5 aliphatic heterocycles. The first-order chi connectivity index (χ1) is 19.0. The molecule has 0 saturated carbocycles. The average molecular weight is 533 g/mol. The Bertz CT molecular complexity index is 1280. The van der Waals surface area contributed by atoms with E-state index in [2.05, 4.69) is 50.7 Å².